The first-order chi connectivity index (χ1) is 10.6. The Morgan fingerprint density at radius 3 is 2.32 bits per heavy atom. The molecule has 2 N–H and O–H groups in total. The zero-order valence-electron chi connectivity index (χ0n) is 12.2. The van der Waals surface area contributed by atoms with E-state index in [-0.39, 0.29) is 16.7 Å². The molecule has 0 saturated heterocycles. The molecule has 0 amide bonds. The molecule has 5 nitrogen and oxygen atoms in total. The minimum atomic E-state index is -0.827. The zero-order chi connectivity index (χ0) is 16.1. The predicted octanol–water partition coefficient (Wildman–Crippen LogP) is 1.90. The number of aliphatic hydroxyl groups excluding tert-OH is 1. The van der Waals surface area contributed by atoms with Crippen molar-refractivity contribution in [1.82, 2.24) is 0 Å². The van der Waals surface area contributed by atoms with E-state index < -0.39 is 11.9 Å². The molecule has 0 fully saturated rings. The fraction of sp³-hybridized carbons (Fsp3) is 0.118. The maximum Gasteiger partial charge on any atom is 0.343 e. The molecule has 114 valence electrons. The van der Waals surface area contributed by atoms with E-state index in [1.807, 2.05) is 0 Å². The Morgan fingerprint density at radius 1 is 1.09 bits per heavy atom. The van der Waals surface area contributed by atoms with E-state index in [9.17, 15) is 15.0 Å². The van der Waals surface area contributed by atoms with E-state index in [1.54, 1.807) is 43.3 Å². The minimum Gasteiger partial charge on any atom is -0.493 e. The van der Waals surface area contributed by atoms with Gasteiger partial charge in [-0.1, -0.05) is 24.3 Å². The SMILES string of the molecule is CC=c1cc(OC(=O)c2ccccc2)c(OC)cc1=C(O)O. The summed E-state index contributed by atoms with van der Waals surface area (Å²) in [6, 6.07) is 11.5. The van der Waals surface area contributed by atoms with Gasteiger partial charge in [-0.15, -0.1) is 0 Å². The van der Waals surface area contributed by atoms with Crippen molar-refractivity contribution in [1.29, 1.82) is 0 Å². The summed E-state index contributed by atoms with van der Waals surface area (Å²) >= 11 is 0. The third kappa shape index (κ3) is 3.20. The Balaban J connectivity index is 2.48. The summed E-state index contributed by atoms with van der Waals surface area (Å²) < 4.78 is 10.5. The van der Waals surface area contributed by atoms with Crippen LogP contribution in [-0.2, 0) is 0 Å². The smallest absolute Gasteiger partial charge is 0.343 e. The van der Waals surface area contributed by atoms with Crippen LogP contribution < -0.4 is 19.9 Å². The first kappa shape index (κ1) is 15.4. The molecule has 0 unspecified atom stereocenters. The summed E-state index contributed by atoms with van der Waals surface area (Å²) in [6.07, 6.45) is 1.67. The van der Waals surface area contributed by atoms with Crippen LogP contribution in [0.15, 0.2) is 42.5 Å². The first-order valence-corrected chi connectivity index (χ1v) is 6.60. The van der Waals surface area contributed by atoms with Gasteiger partial charge < -0.3 is 19.7 Å². The van der Waals surface area contributed by atoms with Crippen LogP contribution in [0.25, 0.3) is 12.0 Å². The molecule has 0 aromatic heterocycles. The second-order valence-corrected chi connectivity index (χ2v) is 4.46. The fourth-order valence-electron chi connectivity index (χ4n) is 1.98. The molecule has 2 aromatic carbocycles. The topological polar surface area (TPSA) is 76.0 Å². The van der Waals surface area contributed by atoms with E-state index in [4.69, 9.17) is 9.47 Å². The lowest BCUT2D eigenvalue weighted by molar-refractivity contribution is 0.0729. The summed E-state index contributed by atoms with van der Waals surface area (Å²) in [5.41, 5.74) is 0.409. The average molecular weight is 300 g/mol. The van der Waals surface area contributed by atoms with Gasteiger partial charge in [0.25, 0.3) is 5.95 Å². The van der Waals surface area contributed by atoms with Crippen LogP contribution in [-0.4, -0.2) is 23.3 Å². The van der Waals surface area contributed by atoms with Crippen molar-refractivity contribution in [2.45, 2.75) is 6.92 Å². The lowest BCUT2D eigenvalue weighted by Gasteiger charge is -2.09. The third-order valence-electron chi connectivity index (χ3n) is 3.10. The molecule has 0 atom stereocenters. The molecule has 0 spiro atoms. The van der Waals surface area contributed by atoms with Crippen molar-refractivity contribution < 1.29 is 24.5 Å². The Kier molecular flexibility index (Phi) is 4.68. The highest BCUT2D eigenvalue weighted by molar-refractivity contribution is 5.91. The molecule has 0 radical (unpaired) electrons. The van der Waals surface area contributed by atoms with Gasteiger partial charge >= 0.3 is 5.97 Å². The lowest BCUT2D eigenvalue weighted by Crippen LogP contribution is -2.27. The van der Waals surface area contributed by atoms with Crippen LogP contribution in [0.5, 0.6) is 11.5 Å². The number of carbonyl (C=O) groups excluding carboxylic acids is 1. The van der Waals surface area contributed by atoms with Gasteiger partial charge in [0.05, 0.1) is 17.9 Å². The molecule has 0 saturated carbocycles. The van der Waals surface area contributed by atoms with Gasteiger partial charge in [0.15, 0.2) is 11.5 Å². The summed E-state index contributed by atoms with van der Waals surface area (Å²) in [4.78, 5) is 12.1. The van der Waals surface area contributed by atoms with E-state index >= 15 is 0 Å². The van der Waals surface area contributed by atoms with Crippen LogP contribution >= 0.6 is 0 Å². The van der Waals surface area contributed by atoms with Gasteiger partial charge in [-0.25, -0.2) is 4.79 Å². The number of aliphatic hydroxyl groups is 2. The normalized spacial score (nSPS) is 11.1. The maximum absolute atomic E-state index is 12.1. The summed E-state index contributed by atoms with van der Waals surface area (Å²) in [6.45, 7) is 1.73. The Hall–Kier alpha value is -2.95. The van der Waals surface area contributed by atoms with Crippen molar-refractivity contribution >= 4 is 18.0 Å². The molecular formula is C17H16O5. The number of hydrogen-bond donors (Lipinski definition) is 2. The number of rotatable bonds is 3. The van der Waals surface area contributed by atoms with Gasteiger partial charge in [-0.3, -0.25) is 0 Å². The molecule has 0 aliphatic heterocycles. The lowest BCUT2D eigenvalue weighted by atomic mass is 10.2. The fourth-order valence-corrected chi connectivity index (χ4v) is 1.98. The number of hydrogen-bond acceptors (Lipinski definition) is 5. The maximum atomic E-state index is 12.1. The van der Waals surface area contributed by atoms with Crippen LogP contribution in [0, 0.1) is 0 Å². The van der Waals surface area contributed by atoms with Gasteiger partial charge in [-0.05, 0) is 36.4 Å². The van der Waals surface area contributed by atoms with Gasteiger partial charge in [0.2, 0.25) is 0 Å². The Bertz CT molecular complexity index is 790. The molecule has 0 heterocycles. The monoisotopic (exact) mass is 300 g/mol. The van der Waals surface area contributed by atoms with Crippen molar-refractivity contribution in [3.8, 4) is 11.5 Å². The molecule has 2 rings (SSSR count). The number of benzene rings is 2. The van der Waals surface area contributed by atoms with Crippen LogP contribution in [0.1, 0.15) is 17.3 Å². The Labute approximate surface area is 127 Å². The Morgan fingerprint density at radius 2 is 1.77 bits per heavy atom. The van der Waals surface area contributed by atoms with Crippen molar-refractivity contribution in [3.63, 3.8) is 0 Å². The third-order valence-corrected chi connectivity index (χ3v) is 3.10. The van der Waals surface area contributed by atoms with Gasteiger partial charge in [-0.2, -0.15) is 0 Å². The second kappa shape index (κ2) is 6.67. The highest BCUT2D eigenvalue weighted by atomic mass is 16.6. The van der Waals surface area contributed by atoms with E-state index in [0.717, 1.165) is 0 Å². The van der Waals surface area contributed by atoms with E-state index in [2.05, 4.69) is 0 Å². The molecule has 0 aliphatic carbocycles. The van der Waals surface area contributed by atoms with Crippen molar-refractivity contribution in [2.75, 3.05) is 7.11 Å². The van der Waals surface area contributed by atoms with Crippen LogP contribution in [0.3, 0.4) is 0 Å². The standard InChI is InChI=1S/C17H16O5/c1-3-11-9-15(14(21-2)10-13(11)16(18)19)22-17(20)12-7-5-4-6-8-12/h3-10,18-19H,1-2H3. The number of carbonyl (C=O) groups is 1. The number of ether oxygens (including phenoxy) is 2. The van der Waals surface area contributed by atoms with Crippen LogP contribution in [0.4, 0.5) is 0 Å². The number of methoxy groups -OCH3 is 1. The predicted molar refractivity (Wildman–Crippen MR) is 82.4 cm³/mol. The molecule has 2 aromatic rings. The summed E-state index contributed by atoms with van der Waals surface area (Å²) in [5, 5.41) is 19.3. The zero-order valence-corrected chi connectivity index (χ0v) is 12.2. The second-order valence-electron chi connectivity index (χ2n) is 4.46. The van der Waals surface area contributed by atoms with Gasteiger partial charge in [0.1, 0.15) is 0 Å². The van der Waals surface area contributed by atoms with Crippen LogP contribution in [0.2, 0.25) is 0 Å². The highest BCUT2D eigenvalue weighted by Gasteiger charge is 2.13. The molecule has 5 heteroatoms. The largest absolute Gasteiger partial charge is 0.493 e. The van der Waals surface area contributed by atoms with E-state index in [0.29, 0.717) is 10.8 Å². The molecular weight excluding hydrogens is 284 g/mol. The molecule has 0 bridgehead atoms. The molecule has 22 heavy (non-hydrogen) atoms. The quantitative estimate of drug-likeness (QED) is 0.669. The van der Waals surface area contributed by atoms with E-state index in [1.165, 1.54) is 19.2 Å². The summed E-state index contributed by atoms with van der Waals surface area (Å²) in [7, 11) is 1.41. The minimum absolute atomic E-state index is 0.193. The molecule has 0 aliphatic rings. The van der Waals surface area contributed by atoms with Crippen molar-refractivity contribution in [2.24, 2.45) is 0 Å². The van der Waals surface area contributed by atoms with Crippen molar-refractivity contribution in [3.05, 3.63) is 58.5 Å². The van der Waals surface area contributed by atoms with Gasteiger partial charge in [0, 0.05) is 0 Å². The average Bonchev–Trinajstić information content (AvgIpc) is 2.54. The number of esters is 1. The summed E-state index contributed by atoms with van der Waals surface area (Å²) in [5.74, 6) is -0.918. The highest BCUT2D eigenvalue weighted by Crippen LogP contribution is 2.24. The first-order valence-electron chi connectivity index (χ1n) is 6.60.